The first-order valence-electron chi connectivity index (χ1n) is 9.87. The molecule has 2 aromatic heterocycles. The highest BCUT2D eigenvalue weighted by Crippen LogP contribution is 2.28. The van der Waals surface area contributed by atoms with Gasteiger partial charge in [0.05, 0.1) is 23.6 Å². The Morgan fingerprint density at radius 1 is 1.06 bits per heavy atom. The number of likely N-dealkylation sites (tertiary alicyclic amines) is 1. The first-order chi connectivity index (χ1) is 15.1. The van der Waals surface area contributed by atoms with Crippen molar-refractivity contribution in [3.05, 3.63) is 58.3 Å². The van der Waals surface area contributed by atoms with E-state index in [1.165, 1.54) is 36.5 Å². The van der Waals surface area contributed by atoms with Crippen molar-refractivity contribution in [1.82, 2.24) is 14.3 Å². The van der Waals surface area contributed by atoms with Gasteiger partial charge >= 0.3 is 0 Å². The zero-order valence-electron chi connectivity index (χ0n) is 16.6. The molecule has 0 aliphatic carbocycles. The number of halogens is 3. The third-order valence-corrected chi connectivity index (χ3v) is 5.96. The van der Waals surface area contributed by atoms with Crippen molar-refractivity contribution in [3.8, 4) is 11.6 Å². The van der Waals surface area contributed by atoms with E-state index in [9.17, 15) is 8.78 Å². The van der Waals surface area contributed by atoms with Crippen LogP contribution >= 0.6 is 27.5 Å². The Hall–Kier alpha value is -2.30. The summed E-state index contributed by atoms with van der Waals surface area (Å²) in [5.74, 6) is -0.382. The summed E-state index contributed by atoms with van der Waals surface area (Å²) in [6.45, 7) is 3.55. The van der Waals surface area contributed by atoms with Crippen LogP contribution in [0.1, 0.15) is 18.4 Å². The quantitative estimate of drug-likeness (QED) is 0.417. The van der Waals surface area contributed by atoms with Gasteiger partial charge in [-0.3, -0.25) is 9.88 Å². The SMILES string of the molecule is Fc1cc(Br)cc(F)c1COc1cc(Nc2cncc(OCCN3CCCC3)c2)sn1. The molecule has 0 unspecified atom stereocenters. The molecular formula is C21H21BrF2N4O2S. The van der Waals surface area contributed by atoms with Crippen LogP contribution in [0.25, 0.3) is 0 Å². The summed E-state index contributed by atoms with van der Waals surface area (Å²) in [6.07, 6.45) is 5.88. The number of ether oxygens (including phenoxy) is 2. The zero-order valence-corrected chi connectivity index (χ0v) is 19.0. The molecule has 0 radical (unpaired) electrons. The number of hydrogen-bond donors (Lipinski definition) is 1. The predicted molar refractivity (Wildman–Crippen MR) is 119 cm³/mol. The summed E-state index contributed by atoms with van der Waals surface area (Å²) in [7, 11) is 0. The minimum atomic E-state index is -0.673. The molecule has 0 spiro atoms. The molecule has 3 aromatic rings. The van der Waals surface area contributed by atoms with Crippen LogP contribution in [-0.4, -0.2) is 40.5 Å². The summed E-state index contributed by atoms with van der Waals surface area (Å²) >= 11 is 4.23. The largest absolute Gasteiger partial charge is 0.491 e. The fraction of sp³-hybridized carbons (Fsp3) is 0.333. The second kappa shape index (κ2) is 10.3. The lowest BCUT2D eigenvalue weighted by molar-refractivity contribution is 0.237. The molecule has 1 N–H and O–H groups in total. The van der Waals surface area contributed by atoms with Crippen LogP contribution < -0.4 is 14.8 Å². The number of nitrogens with one attached hydrogen (secondary N) is 1. The number of benzene rings is 1. The molecule has 0 atom stereocenters. The maximum atomic E-state index is 13.9. The molecule has 31 heavy (non-hydrogen) atoms. The number of hydrogen-bond acceptors (Lipinski definition) is 7. The van der Waals surface area contributed by atoms with E-state index in [4.69, 9.17) is 9.47 Å². The van der Waals surface area contributed by atoms with E-state index >= 15 is 0 Å². The summed E-state index contributed by atoms with van der Waals surface area (Å²) in [4.78, 5) is 6.59. The average Bonchev–Trinajstić information content (AvgIpc) is 3.40. The molecule has 1 aromatic carbocycles. The Labute approximate surface area is 191 Å². The molecule has 0 saturated carbocycles. The highest BCUT2D eigenvalue weighted by molar-refractivity contribution is 9.10. The average molecular weight is 511 g/mol. The Morgan fingerprint density at radius 3 is 2.61 bits per heavy atom. The van der Waals surface area contributed by atoms with Gasteiger partial charge < -0.3 is 14.8 Å². The third kappa shape index (κ3) is 6.11. The fourth-order valence-electron chi connectivity index (χ4n) is 3.25. The van der Waals surface area contributed by atoms with Gasteiger partial charge in [0.25, 0.3) is 0 Å². The summed E-state index contributed by atoms with van der Waals surface area (Å²) in [6, 6.07) is 5.93. The van der Waals surface area contributed by atoms with Crippen LogP contribution in [0.15, 0.2) is 41.1 Å². The number of pyridine rings is 1. The van der Waals surface area contributed by atoms with Crippen molar-refractivity contribution in [2.45, 2.75) is 19.4 Å². The molecule has 6 nitrogen and oxygen atoms in total. The van der Waals surface area contributed by atoms with Crippen molar-refractivity contribution >= 4 is 38.2 Å². The maximum absolute atomic E-state index is 13.9. The second-order valence-electron chi connectivity index (χ2n) is 7.10. The van der Waals surface area contributed by atoms with Gasteiger partial charge in [-0.25, -0.2) is 8.78 Å². The number of aromatic nitrogens is 2. The van der Waals surface area contributed by atoms with Crippen molar-refractivity contribution < 1.29 is 18.3 Å². The normalized spacial score (nSPS) is 14.0. The van der Waals surface area contributed by atoms with E-state index in [2.05, 4.69) is 35.5 Å². The molecule has 10 heteroatoms. The number of nitrogens with zero attached hydrogens (tertiary/aromatic N) is 3. The van der Waals surface area contributed by atoms with E-state index in [1.807, 2.05) is 6.07 Å². The standard InChI is InChI=1S/C21H21BrF2N4O2S/c22-14-7-18(23)17(19(24)8-14)13-30-20-10-21(31-27-20)26-15-9-16(12-25-11-15)29-6-5-28-3-1-2-4-28/h7-12,26H,1-6,13H2. The van der Waals surface area contributed by atoms with Gasteiger partial charge in [-0.2, -0.15) is 4.37 Å². The summed E-state index contributed by atoms with van der Waals surface area (Å²) in [5.41, 5.74) is 0.604. The van der Waals surface area contributed by atoms with Gasteiger partial charge in [-0.1, -0.05) is 15.9 Å². The molecule has 0 amide bonds. The van der Waals surface area contributed by atoms with E-state index in [0.29, 0.717) is 21.8 Å². The first-order valence-corrected chi connectivity index (χ1v) is 11.4. The van der Waals surface area contributed by atoms with E-state index in [-0.39, 0.29) is 18.1 Å². The Bertz CT molecular complexity index is 1010. The molecule has 3 heterocycles. The summed E-state index contributed by atoms with van der Waals surface area (Å²) in [5, 5.41) is 3.90. The Balaban J connectivity index is 1.30. The minimum Gasteiger partial charge on any atom is -0.491 e. The van der Waals surface area contributed by atoms with E-state index in [0.717, 1.165) is 25.3 Å². The molecule has 1 aliphatic rings. The highest BCUT2D eigenvalue weighted by atomic mass is 79.9. The van der Waals surface area contributed by atoms with Crippen molar-refractivity contribution in [2.24, 2.45) is 0 Å². The second-order valence-corrected chi connectivity index (χ2v) is 8.82. The molecule has 4 rings (SSSR count). The van der Waals surface area contributed by atoms with Crippen LogP contribution in [0.3, 0.4) is 0 Å². The smallest absolute Gasteiger partial charge is 0.227 e. The maximum Gasteiger partial charge on any atom is 0.227 e. The van der Waals surface area contributed by atoms with E-state index in [1.54, 1.807) is 18.5 Å². The predicted octanol–water partition coefficient (Wildman–Crippen LogP) is 5.38. The fourth-order valence-corrected chi connectivity index (χ4v) is 4.26. The van der Waals surface area contributed by atoms with Crippen molar-refractivity contribution in [1.29, 1.82) is 0 Å². The number of anilines is 2. The van der Waals surface area contributed by atoms with E-state index < -0.39 is 11.6 Å². The third-order valence-electron chi connectivity index (χ3n) is 4.81. The van der Waals surface area contributed by atoms with Gasteiger partial charge in [-0.05, 0) is 49.6 Å². The van der Waals surface area contributed by atoms with Crippen LogP contribution in [0.4, 0.5) is 19.5 Å². The van der Waals surface area contributed by atoms with Gasteiger partial charge in [0.15, 0.2) is 0 Å². The molecule has 1 aliphatic heterocycles. The molecule has 1 saturated heterocycles. The van der Waals surface area contributed by atoms with Crippen molar-refractivity contribution in [2.75, 3.05) is 31.6 Å². The highest BCUT2D eigenvalue weighted by Gasteiger charge is 2.13. The topological polar surface area (TPSA) is 59.5 Å². The lowest BCUT2D eigenvalue weighted by atomic mass is 10.2. The molecule has 1 fully saturated rings. The van der Waals surface area contributed by atoms with Gasteiger partial charge in [0.1, 0.15) is 35.6 Å². The Kier molecular flexibility index (Phi) is 7.31. The van der Waals surface area contributed by atoms with Gasteiger partial charge in [0, 0.05) is 23.2 Å². The van der Waals surface area contributed by atoms with Crippen LogP contribution in [0, 0.1) is 11.6 Å². The molecule has 0 bridgehead atoms. The Morgan fingerprint density at radius 2 is 1.84 bits per heavy atom. The van der Waals surface area contributed by atoms with Crippen LogP contribution in [-0.2, 0) is 6.61 Å². The van der Waals surface area contributed by atoms with Gasteiger partial charge in [0.2, 0.25) is 5.88 Å². The lowest BCUT2D eigenvalue weighted by Gasteiger charge is -2.15. The van der Waals surface area contributed by atoms with Gasteiger partial charge in [-0.15, -0.1) is 0 Å². The monoisotopic (exact) mass is 510 g/mol. The van der Waals surface area contributed by atoms with Crippen LogP contribution in [0.5, 0.6) is 11.6 Å². The van der Waals surface area contributed by atoms with Crippen molar-refractivity contribution in [3.63, 3.8) is 0 Å². The molecular weight excluding hydrogens is 490 g/mol. The number of rotatable bonds is 9. The van der Waals surface area contributed by atoms with Crippen LogP contribution in [0.2, 0.25) is 0 Å². The minimum absolute atomic E-state index is 0.145. The summed E-state index contributed by atoms with van der Waals surface area (Å²) < 4.78 is 43.6. The first kappa shape index (κ1) is 21.9. The lowest BCUT2D eigenvalue weighted by Crippen LogP contribution is -2.25. The molecule has 164 valence electrons. The zero-order chi connectivity index (χ0) is 21.6.